The average Bonchev–Trinajstić information content (AvgIpc) is 2.50. The van der Waals surface area contributed by atoms with Crippen LogP contribution < -0.4 is 11.1 Å². The van der Waals surface area contributed by atoms with E-state index in [4.69, 9.17) is 10.5 Å². The van der Waals surface area contributed by atoms with Crippen molar-refractivity contribution >= 4 is 24.0 Å². The Kier molecular flexibility index (Phi) is 8.94. The van der Waals surface area contributed by atoms with Gasteiger partial charge in [-0.15, -0.1) is 12.4 Å². The van der Waals surface area contributed by atoms with Gasteiger partial charge in [-0.05, 0) is 37.0 Å². The summed E-state index contributed by atoms with van der Waals surface area (Å²) >= 11 is 0. The van der Waals surface area contributed by atoms with Crippen LogP contribution in [0.15, 0.2) is 24.3 Å². The zero-order valence-corrected chi connectivity index (χ0v) is 13.9. The molecule has 0 aromatic heterocycles. The second-order valence-electron chi connectivity index (χ2n) is 5.75. The summed E-state index contributed by atoms with van der Waals surface area (Å²) in [4.78, 5) is 11.8. The summed E-state index contributed by atoms with van der Waals surface area (Å²) in [6.45, 7) is 1.42. The molecule has 0 heterocycles. The van der Waals surface area contributed by atoms with Gasteiger partial charge in [-0.25, -0.2) is 0 Å². The molecule has 2 rings (SSSR count). The minimum Gasteiger partial charge on any atom is -0.399 e. The molecule has 5 heteroatoms. The molecule has 0 spiro atoms. The van der Waals surface area contributed by atoms with Gasteiger partial charge in [0.05, 0.1) is 12.5 Å². The smallest absolute Gasteiger partial charge is 0.224 e. The Morgan fingerprint density at radius 1 is 1.18 bits per heavy atom. The number of anilines is 1. The first-order chi connectivity index (χ1) is 10.2. The van der Waals surface area contributed by atoms with Gasteiger partial charge in [0.15, 0.2) is 0 Å². The van der Waals surface area contributed by atoms with E-state index in [0.29, 0.717) is 19.1 Å². The van der Waals surface area contributed by atoms with Crippen LogP contribution in [-0.2, 0) is 16.0 Å². The molecule has 0 bridgehead atoms. The highest BCUT2D eigenvalue weighted by Crippen LogP contribution is 2.20. The fourth-order valence-corrected chi connectivity index (χ4v) is 2.67. The van der Waals surface area contributed by atoms with Crippen molar-refractivity contribution in [2.24, 2.45) is 0 Å². The number of halogens is 1. The largest absolute Gasteiger partial charge is 0.399 e. The summed E-state index contributed by atoms with van der Waals surface area (Å²) < 4.78 is 5.83. The Labute approximate surface area is 139 Å². The van der Waals surface area contributed by atoms with Gasteiger partial charge in [0.1, 0.15) is 0 Å². The number of nitrogens with two attached hydrogens (primary N) is 1. The monoisotopic (exact) mass is 326 g/mol. The third-order valence-electron chi connectivity index (χ3n) is 3.89. The number of hydrogen-bond donors (Lipinski definition) is 2. The predicted molar refractivity (Wildman–Crippen MR) is 92.3 cm³/mol. The molecule has 0 saturated heterocycles. The molecule has 1 aliphatic carbocycles. The average molecular weight is 327 g/mol. The fraction of sp³-hybridized carbons (Fsp3) is 0.588. The summed E-state index contributed by atoms with van der Waals surface area (Å²) in [7, 11) is 0. The van der Waals surface area contributed by atoms with Crippen molar-refractivity contribution in [2.45, 2.75) is 51.0 Å². The predicted octanol–water partition coefficient (Wildman–Crippen LogP) is 3.09. The molecule has 1 aromatic rings. The number of rotatable bonds is 7. The number of ether oxygens (including phenoxy) is 1. The van der Waals surface area contributed by atoms with E-state index in [1.54, 1.807) is 0 Å². The molecular formula is C17H27ClN2O2. The molecule has 1 amide bonds. The van der Waals surface area contributed by atoms with E-state index in [0.717, 1.165) is 24.3 Å². The van der Waals surface area contributed by atoms with Crippen LogP contribution in [0.3, 0.4) is 0 Å². The number of carbonyl (C=O) groups excluding carboxylic acids is 1. The Hall–Kier alpha value is -1.26. The maximum atomic E-state index is 11.8. The molecule has 22 heavy (non-hydrogen) atoms. The second kappa shape index (κ2) is 10.5. The maximum absolute atomic E-state index is 11.8. The van der Waals surface area contributed by atoms with Gasteiger partial charge in [-0.3, -0.25) is 4.79 Å². The molecule has 4 nitrogen and oxygen atoms in total. The van der Waals surface area contributed by atoms with Gasteiger partial charge < -0.3 is 15.8 Å². The van der Waals surface area contributed by atoms with Crippen LogP contribution >= 0.6 is 12.4 Å². The van der Waals surface area contributed by atoms with Crippen LogP contribution in [0.4, 0.5) is 5.69 Å². The molecule has 0 aliphatic heterocycles. The second-order valence-corrected chi connectivity index (χ2v) is 5.75. The summed E-state index contributed by atoms with van der Waals surface area (Å²) in [5.41, 5.74) is 7.33. The first-order valence-electron chi connectivity index (χ1n) is 7.97. The Balaban J connectivity index is 0.00000242. The van der Waals surface area contributed by atoms with Gasteiger partial charge in [0.2, 0.25) is 5.91 Å². The molecular weight excluding hydrogens is 300 g/mol. The van der Waals surface area contributed by atoms with Crippen molar-refractivity contribution in [1.82, 2.24) is 5.32 Å². The minimum absolute atomic E-state index is 0. The number of benzene rings is 1. The van der Waals surface area contributed by atoms with E-state index in [1.807, 2.05) is 24.3 Å². The summed E-state index contributed by atoms with van der Waals surface area (Å²) in [6.07, 6.45) is 8.07. The normalized spacial score (nSPS) is 15.1. The van der Waals surface area contributed by atoms with Crippen LogP contribution in [0.1, 0.15) is 44.1 Å². The van der Waals surface area contributed by atoms with Gasteiger partial charge in [-0.2, -0.15) is 0 Å². The van der Waals surface area contributed by atoms with Crippen LogP contribution in [-0.4, -0.2) is 25.2 Å². The van der Waals surface area contributed by atoms with E-state index < -0.39 is 0 Å². The Bertz CT molecular complexity index is 431. The van der Waals surface area contributed by atoms with Crippen LogP contribution in [0.2, 0.25) is 0 Å². The fourth-order valence-electron chi connectivity index (χ4n) is 2.67. The summed E-state index contributed by atoms with van der Waals surface area (Å²) in [5.74, 6) is 0.0532. The van der Waals surface area contributed by atoms with Crippen LogP contribution in [0, 0.1) is 0 Å². The van der Waals surface area contributed by atoms with Crippen molar-refractivity contribution < 1.29 is 9.53 Å². The standard InChI is InChI=1S/C17H26N2O2.ClH/c18-15-9-7-14(8-10-15)13-17(20)19-11-4-12-21-16-5-2-1-3-6-16;/h7-10,16H,1-6,11-13,18H2,(H,19,20);1H. The van der Waals surface area contributed by atoms with Gasteiger partial charge in [0, 0.05) is 18.8 Å². The zero-order valence-electron chi connectivity index (χ0n) is 13.1. The lowest BCUT2D eigenvalue weighted by atomic mass is 9.98. The summed E-state index contributed by atoms with van der Waals surface area (Å²) in [5, 5.41) is 2.93. The van der Waals surface area contributed by atoms with Crippen LogP contribution in [0.5, 0.6) is 0 Å². The number of nitrogen functional groups attached to an aromatic ring is 1. The van der Waals surface area contributed by atoms with Gasteiger partial charge in [0.25, 0.3) is 0 Å². The van der Waals surface area contributed by atoms with E-state index in [-0.39, 0.29) is 18.3 Å². The number of hydrogen-bond acceptors (Lipinski definition) is 3. The van der Waals surface area contributed by atoms with E-state index in [1.165, 1.54) is 32.1 Å². The molecule has 0 radical (unpaired) electrons. The molecule has 1 fully saturated rings. The van der Waals surface area contributed by atoms with Crippen molar-refractivity contribution in [3.8, 4) is 0 Å². The molecule has 124 valence electrons. The third-order valence-corrected chi connectivity index (χ3v) is 3.89. The van der Waals surface area contributed by atoms with E-state index >= 15 is 0 Å². The first-order valence-corrected chi connectivity index (χ1v) is 7.97. The van der Waals surface area contributed by atoms with E-state index in [9.17, 15) is 4.79 Å². The molecule has 0 atom stereocenters. The SMILES string of the molecule is Cl.Nc1ccc(CC(=O)NCCCOC2CCCCC2)cc1. The first kappa shape index (κ1) is 18.8. The minimum atomic E-state index is 0. The highest BCUT2D eigenvalue weighted by molar-refractivity contribution is 5.85. The van der Waals surface area contributed by atoms with Crippen molar-refractivity contribution in [3.05, 3.63) is 29.8 Å². The molecule has 1 saturated carbocycles. The molecule has 3 N–H and O–H groups in total. The van der Waals surface area contributed by atoms with Crippen LogP contribution in [0.25, 0.3) is 0 Å². The topological polar surface area (TPSA) is 64.4 Å². The number of carbonyl (C=O) groups is 1. The van der Waals surface area contributed by atoms with Gasteiger partial charge in [-0.1, -0.05) is 31.4 Å². The molecule has 1 aliphatic rings. The zero-order chi connectivity index (χ0) is 14.9. The van der Waals surface area contributed by atoms with E-state index in [2.05, 4.69) is 5.32 Å². The molecule has 1 aromatic carbocycles. The maximum Gasteiger partial charge on any atom is 0.224 e. The van der Waals surface area contributed by atoms with Crippen molar-refractivity contribution in [2.75, 3.05) is 18.9 Å². The lowest BCUT2D eigenvalue weighted by molar-refractivity contribution is -0.120. The third kappa shape index (κ3) is 7.14. The number of amides is 1. The van der Waals surface area contributed by atoms with Crippen molar-refractivity contribution in [1.29, 1.82) is 0 Å². The summed E-state index contributed by atoms with van der Waals surface area (Å²) in [6, 6.07) is 7.42. The quantitative estimate of drug-likeness (QED) is 0.598. The Morgan fingerprint density at radius 3 is 2.55 bits per heavy atom. The van der Waals surface area contributed by atoms with Gasteiger partial charge >= 0.3 is 0 Å². The highest BCUT2D eigenvalue weighted by atomic mass is 35.5. The lowest BCUT2D eigenvalue weighted by Crippen LogP contribution is -2.27. The Morgan fingerprint density at radius 2 is 1.86 bits per heavy atom. The molecule has 0 unspecified atom stereocenters. The van der Waals surface area contributed by atoms with Crippen molar-refractivity contribution in [3.63, 3.8) is 0 Å². The lowest BCUT2D eigenvalue weighted by Gasteiger charge is -2.21. The number of nitrogens with one attached hydrogen (secondary N) is 1. The highest BCUT2D eigenvalue weighted by Gasteiger charge is 2.13.